The lowest BCUT2D eigenvalue weighted by Gasteiger charge is -2.11. The molecule has 0 spiro atoms. The van der Waals surface area contributed by atoms with Crippen LogP contribution in [0.3, 0.4) is 0 Å². The van der Waals surface area contributed by atoms with E-state index in [1.165, 1.54) is 31.2 Å². The molecule has 6 nitrogen and oxygen atoms in total. The number of benzene rings is 3. The van der Waals surface area contributed by atoms with Gasteiger partial charge >= 0.3 is 0 Å². The number of halogens is 1. The fourth-order valence-corrected chi connectivity index (χ4v) is 3.55. The van der Waals surface area contributed by atoms with E-state index < -0.39 is 0 Å². The average Bonchev–Trinajstić information content (AvgIpc) is 3.11. The predicted molar refractivity (Wildman–Crippen MR) is 127 cm³/mol. The van der Waals surface area contributed by atoms with Crippen LogP contribution in [0.15, 0.2) is 72.8 Å². The second kappa shape index (κ2) is 9.08. The number of hydrogen-bond acceptors (Lipinski definition) is 3. The zero-order valence-electron chi connectivity index (χ0n) is 18.5. The molecule has 0 fully saturated rings. The fraction of sp³-hybridized carbons (Fsp3) is 0.115. The van der Waals surface area contributed by atoms with Crippen LogP contribution in [0.2, 0.25) is 0 Å². The molecule has 0 aliphatic rings. The van der Waals surface area contributed by atoms with E-state index in [4.69, 9.17) is 0 Å². The molecule has 0 saturated carbocycles. The summed E-state index contributed by atoms with van der Waals surface area (Å²) in [5, 5.41) is 10.3. The summed E-state index contributed by atoms with van der Waals surface area (Å²) in [4.78, 5) is 24.5. The Morgan fingerprint density at radius 2 is 1.48 bits per heavy atom. The highest BCUT2D eigenvalue weighted by molar-refractivity contribution is 6.04. The number of amides is 2. The van der Waals surface area contributed by atoms with E-state index in [9.17, 15) is 14.0 Å². The Morgan fingerprint density at radius 3 is 2.09 bits per heavy atom. The van der Waals surface area contributed by atoms with Gasteiger partial charge in [-0.1, -0.05) is 29.8 Å². The van der Waals surface area contributed by atoms with E-state index in [0.29, 0.717) is 22.8 Å². The summed E-state index contributed by atoms with van der Waals surface area (Å²) in [6, 6.07) is 20.5. The van der Waals surface area contributed by atoms with Gasteiger partial charge in [0.05, 0.1) is 11.4 Å². The van der Waals surface area contributed by atoms with Gasteiger partial charge < -0.3 is 10.6 Å². The molecule has 0 aliphatic heterocycles. The topological polar surface area (TPSA) is 76.0 Å². The van der Waals surface area contributed by atoms with Crippen molar-refractivity contribution in [3.63, 3.8) is 0 Å². The Kier molecular flexibility index (Phi) is 6.04. The summed E-state index contributed by atoms with van der Waals surface area (Å²) in [5.41, 5.74) is 5.32. The first-order valence-electron chi connectivity index (χ1n) is 10.4. The van der Waals surface area contributed by atoms with Crippen LogP contribution in [0, 0.1) is 19.7 Å². The normalized spacial score (nSPS) is 10.7. The molecule has 166 valence electrons. The maximum atomic E-state index is 13.1. The third kappa shape index (κ3) is 4.82. The van der Waals surface area contributed by atoms with Crippen LogP contribution in [-0.2, 0) is 4.79 Å². The van der Waals surface area contributed by atoms with Crippen molar-refractivity contribution in [1.29, 1.82) is 0 Å². The third-order valence-corrected chi connectivity index (χ3v) is 5.17. The minimum Gasteiger partial charge on any atom is -0.322 e. The zero-order chi connectivity index (χ0) is 23.5. The minimum absolute atomic E-state index is 0.209. The van der Waals surface area contributed by atoms with Crippen LogP contribution in [-0.4, -0.2) is 21.6 Å². The first-order valence-corrected chi connectivity index (χ1v) is 10.4. The summed E-state index contributed by atoms with van der Waals surface area (Å²) in [6.07, 6.45) is 0. The zero-order valence-corrected chi connectivity index (χ0v) is 18.5. The van der Waals surface area contributed by atoms with Crippen molar-refractivity contribution in [3.05, 3.63) is 95.4 Å². The monoisotopic (exact) mass is 442 g/mol. The number of anilines is 2. The van der Waals surface area contributed by atoms with Gasteiger partial charge in [-0.2, -0.15) is 5.10 Å². The van der Waals surface area contributed by atoms with Crippen molar-refractivity contribution in [3.8, 4) is 16.8 Å². The number of carbonyl (C=O) groups is 2. The van der Waals surface area contributed by atoms with Gasteiger partial charge in [0.15, 0.2) is 0 Å². The van der Waals surface area contributed by atoms with Gasteiger partial charge in [0.25, 0.3) is 5.91 Å². The molecule has 0 unspecified atom stereocenters. The first-order chi connectivity index (χ1) is 15.8. The van der Waals surface area contributed by atoms with Crippen LogP contribution in [0.4, 0.5) is 15.9 Å². The van der Waals surface area contributed by atoms with Gasteiger partial charge in [-0.15, -0.1) is 0 Å². The molecule has 1 heterocycles. The van der Waals surface area contributed by atoms with E-state index in [1.807, 2.05) is 38.1 Å². The SMILES string of the molecule is CC(=O)Nc1c(-c2ccc(C)cc2)c(C)nn1-c1ccc(C(=O)Nc2ccc(F)cc2)cc1. The van der Waals surface area contributed by atoms with Crippen molar-refractivity contribution in [2.45, 2.75) is 20.8 Å². The Balaban J connectivity index is 1.66. The van der Waals surface area contributed by atoms with Gasteiger partial charge in [-0.25, -0.2) is 9.07 Å². The van der Waals surface area contributed by atoms with Gasteiger partial charge in [0, 0.05) is 23.7 Å². The number of nitrogens with zero attached hydrogens (tertiary/aromatic N) is 2. The molecular weight excluding hydrogens is 419 g/mol. The highest BCUT2D eigenvalue weighted by Gasteiger charge is 2.19. The van der Waals surface area contributed by atoms with E-state index in [-0.39, 0.29) is 17.6 Å². The summed E-state index contributed by atoms with van der Waals surface area (Å²) in [5.74, 6) is -0.328. The molecular formula is C26H23FN4O2. The lowest BCUT2D eigenvalue weighted by molar-refractivity contribution is -0.114. The van der Waals surface area contributed by atoms with E-state index >= 15 is 0 Å². The third-order valence-electron chi connectivity index (χ3n) is 5.17. The number of hydrogen-bond donors (Lipinski definition) is 2. The molecule has 0 radical (unpaired) electrons. The van der Waals surface area contributed by atoms with E-state index in [0.717, 1.165) is 22.4 Å². The Morgan fingerprint density at radius 1 is 0.848 bits per heavy atom. The van der Waals surface area contributed by atoms with E-state index in [2.05, 4.69) is 15.7 Å². The number of aromatic nitrogens is 2. The highest BCUT2D eigenvalue weighted by atomic mass is 19.1. The summed E-state index contributed by atoms with van der Waals surface area (Å²) in [6.45, 7) is 5.36. The van der Waals surface area contributed by atoms with Gasteiger partial charge in [0.2, 0.25) is 5.91 Å². The summed E-state index contributed by atoms with van der Waals surface area (Å²) >= 11 is 0. The van der Waals surface area contributed by atoms with Crippen LogP contribution < -0.4 is 10.6 Å². The van der Waals surface area contributed by atoms with Crippen molar-refractivity contribution in [2.75, 3.05) is 10.6 Å². The standard InChI is InChI=1S/C26H23FN4O2/c1-16-4-6-19(7-5-16)24-17(2)30-31(25(24)28-18(3)32)23-14-8-20(9-15-23)26(33)29-22-12-10-21(27)11-13-22/h4-15H,1-3H3,(H,28,32)(H,29,33). The van der Waals surface area contributed by atoms with Gasteiger partial charge in [-0.3, -0.25) is 9.59 Å². The van der Waals surface area contributed by atoms with Crippen molar-refractivity contribution in [1.82, 2.24) is 9.78 Å². The Hall–Kier alpha value is -4.26. The molecule has 0 aliphatic carbocycles. The second-order valence-corrected chi connectivity index (χ2v) is 7.78. The van der Waals surface area contributed by atoms with Crippen LogP contribution >= 0.6 is 0 Å². The average molecular weight is 442 g/mol. The predicted octanol–water partition coefficient (Wildman–Crippen LogP) is 5.51. The smallest absolute Gasteiger partial charge is 0.255 e. The Bertz CT molecular complexity index is 1310. The maximum Gasteiger partial charge on any atom is 0.255 e. The molecule has 4 rings (SSSR count). The quantitative estimate of drug-likeness (QED) is 0.428. The van der Waals surface area contributed by atoms with Gasteiger partial charge in [0.1, 0.15) is 11.6 Å². The molecule has 0 saturated heterocycles. The molecule has 4 aromatic rings. The van der Waals surface area contributed by atoms with Crippen molar-refractivity contribution in [2.24, 2.45) is 0 Å². The van der Waals surface area contributed by atoms with Crippen LogP contribution in [0.5, 0.6) is 0 Å². The lowest BCUT2D eigenvalue weighted by atomic mass is 10.0. The molecule has 7 heteroatoms. The van der Waals surface area contributed by atoms with Crippen molar-refractivity contribution >= 4 is 23.3 Å². The molecule has 0 bridgehead atoms. The largest absolute Gasteiger partial charge is 0.322 e. The molecule has 0 atom stereocenters. The maximum absolute atomic E-state index is 13.1. The number of aryl methyl sites for hydroxylation is 2. The van der Waals surface area contributed by atoms with Gasteiger partial charge in [-0.05, 0) is 67.9 Å². The summed E-state index contributed by atoms with van der Waals surface area (Å²) in [7, 11) is 0. The molecule has 2 amide bonds. The van der Waals surface area contributed by atoms with Crippen LogP contribution in [0.25, 0.3) is 16.8 Å². The molecule has 1 aromatic heterocycles. The number of nitrogens with one attached hydrogen (secondary N) is 2. The fourth-order valence-electron chi connectivity index (χ4n) is 3.55. The minimum atomic E-state index is -0.369. The molecule has 2 N–H and O–H groups in total. The number of carbonyl (C=O) groups excluding carboxylic acids is 2. The summed E-state index contributed by atoms with van der Waals surface area (Å²) < 4.78 is 14.7. The van der Waals surface area contributed by atoms with E-state index in [1.54, 1.807) is 28.9 Å². The first kappa shape index (κ1) is 22.0. The second-order valence-electron chi connectivity index (χ2n) is 7.78. The number of rotatable bonds is 5. The molecule has 3 aromatic carbocycles. The lowest BCUT2D eigenvalue weighted by Crippen LogP contribution is -2.13. The Labute approximate surface area is 191 Å². The highest BCUT2D eigenvalue weighted by Crippen LogP contribution is 2.33. The molecule has 33 heavy (non-hydrogen) atoms. The van der Waals surface area contributed by atoms with Crippen molar-refractivity contribution < 1.29 is 14.0 Å². The van der Waals surface area contributed by atoms with Crippen LogP contribution in [0.1, 0.15) is 28.5 Å².